The van der Waals surface area contributed by atoms with E-state index in [0.717, 1.165) is 48.6 Å². The van der Waals surface area contributed by atoms with E-state index in [2.05, 4.69) is 15.5 Å². The highest BCUT2D eigenvalue weighted by molar-refractivity contribution is 6.05. The fraction of sp³-hybridized carbons (Fsp3) is 0.357. The first-order valence-corrected chi connectivity index (χ1v) is 12.5. The van der Waals surface area contributed by atoms with Crippen LogP contribution in [0.3, 0.4) is 0 Å². The van der Waals surface area contributed by atoms with Crippen molar-refractivity contribution in [3.8, 4) is 11.5 Å². The van der Waals surface area contributed by atoms with E-state index >= 15 is 0 Å². The van der Waals surface area contributed by atoms with Crippen LogP contribution in [0.25, 0.3) is 5.57 Å². The van der Waals surface area contributed by atoms with Gasteiger partial charge < -0.3 is 36.5 Å². The van der Waals surface area contributed by atoms with Crippen molar-refractivity contribution in [2.45, 2.75) is 51.4 Å². The molecule has 4 rings (SSSR count). The lowest BCUT2D eigenvalue weighted by Gasteiger charge is -2.39. The van der Waals surface area contributed by atoms with Crippen molar-refractivity contribution in [1.29, 1.82) is 5.41 Å². The van der Waals surface area contributed by atoms with Crippen LogP contribution in [0, 0.1) is 5.41 Å². The highest BCUT2D eigenvalue weighted by Crippen LogP contribution is 2.30. The summed E-state index contributed by atoms with van der Waals surface area (Å²) < 4.78 is 11.3. The largest absolute Gasteiger partial charge is 0.457 e. The average Bonchev–Trinajstić information content (AvgIpc) is 2.83. The van der Waals surface area contributed by atoms with E-state index in [9.17, 15) is 4.79 Å². The molecule has 0 saturated carbocycles. The molecule has 9 heteroatoms. The van der Waals surface area contributed by atoms with Crippen molar-refractivity contribution < 1.29 is 14.3 Å². The number of para-hydroxylation sites is 1. The van der Waals surface area contributed by atoms with Crippen molar-refractivity contribution in [3.05, 3.63) is 77.6 Å². The molecule has 0 radical (unpaired) electrons. The van der Waals surface area contributed by atoms with Gasteiger partial charge in [0.05, 0.1) is 0 Å². The van der Waals surface area contributed by atoms with Crippen LogP contribution in [-0.4, -0.2) is 47.7 Å². The maximum absolute atomic E-state index is 12.1. The maximum atomic E-state index is 12.1. The number of likely N-dealkylation sites (tertiary alicyclic amines) is 1. The molecule has 2 aliphatic heterocycles. The third-order valence-corrected chi connectivity index (χ3v) is 6.18. The van der Waals surface area contributed by atoms with E-state index < -0.39 is 11.8 Å². The molecule has 0 aromatic heterocycles. The van der Waals surface area contributed by atoms with Gasteiger partial charge in [-0.3, -0.25) is 5.41 Å². The number of nitrogens with zero attached hydrogens (tertiary/aromatic N) is 1. The van der Waals surface area contributed by atoms with Crippen molar-refractivity contribution in [2.75, 3.05) is 13.1 Å². The highest BCUT2D eigenvalue weighted by Gasteiger charge is 2.29. The molecule has 2 aliphatic rings. The number of ether oxygens (including phenoxy) is 2. The number of rotatable bonds is 6. The molecule has 1 unspecified atom stereocenters. The molecule has 2 heterocycles. The number of allylic oxidation sites excluding steroid dienone is 2. The summed E-state index contributed by atoms with van der Waals surface area (Å²) in [7, 11) is 0. The lowest BCUT2D eigenvalue weighted by molar-refractivity contribution is 0.0483. The summed E-state index contributed by atoms with van der Waals surface area (Å²) in [4.78, 5) is 14.4. The molecule has 0 bridgehead atoms. The van der Waals surface area contributed by atoms with Crippen LogP contribution in [0.1, 0.15) is 39.2 Å². The van der Waals surface area contributed by atoms with Crippen molar-refractivity contribution in [1.82, 2.24) is 15.5 Å². The molecule has 0 spiro atoms. The van der Waals surface area contributed by atoms with Crippen molar-refractivity contribution in [2.24, 2.45) is 11.5 Å². The Bertz CT molecular complexity index is 1180. The molecule has 37 heavy (non-hydrogen) atoms. The van der Waals surface area contributed by atoms with E-state index in [-0.39, 0.29) is 18.0 Å². The summed E-state index contributed by atoms with van der Waals surface area (Å²) in [6.45, 7) is 7.02. The fourth-order valence-corrected chi connectivity index (χ4v) is 4.46. The summed E-state index contributed by atoms with van der Waals surface area (Å²) in [6, 6.07) is 17.3. The second-order valence-corrected chi connectivity index (χ2v) is 10.2. The zero-order chi connectivity index (χ0) is 26.6. The van der Waals surface area contributed by atoms with E-state index in [0.29, 0.717) is 11.3 Å². The molecule has 1 atom stereocenters. The van der Waals surface area contributed by atoms with Crippen LogP contribution in [0.4, 0.5) is 4.79 Å². The number of dihydropyridines is 1. The van der Waals surface area contributed by atoms with Crippen LogP contribution in [0.2, 0.25) is 0 Å². The van der Waals surface area contributed by atoms with Gasteiger partial charge in [0.15, 0.2) is 0 Å². The molecule has 2 aromatic rings. The first kappa shape index (κ1) is 26.1. The van der Waals surface area contributed by atoms with Crippen LogP contribution in [0.5, 0.6) is 11.5 Å². The Labute approximate surface area is 218 Å². The molecular weight excluding hydrogens is 468 g/mol. The number of piperidine rings is 1. The van der Waals surface area contributed by atoms with Crippen LogP contribution >= 0.6 is 0 Å². The molecule has 9 nitrogen and oxygen atoms in total. The number of carbonyl (C=O) groups excluding carboxylic acids is 1. The van der Waals surface area contributed by atoms with Gasteiger partial charge in [-0.05, 0) is 75.1 Å². The molecule has 196 valence electrons. The van der Waals surface area contributed by atoms with Crippen LogP contribution in [-0.2, 0) is 4.74 Å². The number of carbonyl (C=O) groups is 1. The number of nitrogens with one attached hydrogen (secondary N) is 3. The van der Waals surface area contributed by atoms with Crippen molar-refractivity contribution in [3.63, 3.8) is 0 Å². The Morgan fingerprint density at radius 1 is 1.05 bits per heavy atom. The number of amidine groups is 1. The second kappa shape index (κ2) is 11.0. The first-order chi connectivity index (χ1) is 17.6. The lowest BCUT2D eigenvalue weighted by atomic mass is 9.94. The summed E-state index contributed by atoms with van der Waals surface area (Å²) in [6.07, 6.45) is 2.54. The Hall–Kier alpha value is -3.98. The SMILES string of the molecule is CC(C)(C)OC(=O)NC1CCN(C2=CC(c3ccc(Oc4ccccc4)cc3)=C(C(=N)N)C(N)N2)CC1. The fourth-order valence-electron chi connectivity index (χ4n) is 4.46. The Balaban J connectivity index is 1.48. The van der Waals surface area contributed by atoms with E-state index in [1.54, 1.807) is 0 Å². The quantitative estimate of drug-likeness (QED) is 0.297. The van der Waals surface area contributed by atoms with Gasteiger partial charge in [0.1, 0.15) is 34.9 Å². The second-order valence-electron chi connectivity index (χ2n) is 10.2. The number of amides is 1. The van der Waals surface area contributed by atoms with Gasteiger partial charge in [0.25, 0.3) is 0 Å². The number of hydrogen-bond donors (Lipinski definition) is 5. The summed E-state index contributed by atoms with van der Waals surface area (Å²) >= 11 is 0. The Morgan fingerprint density at radius 3 is 2.27 bits per heavy atom. The first-order valence-electron chi connectivity index (χ1n) is 12.5. The minimum absolute atomic E-state index is 0.0453. The standard InChI is InChI=1S/C28H36N6O3/c1-28(2,3)37-27(35)32-19-13-15-34(16-14-19)23-17-22(24(25(29)30)26(31)33-23)18-9-11-21(12-10-18)36-20-7-5-4-6-8-20/h4-12,17,19,26,33H,13-16,31H2,1-3H3,(H3,29,30)(H,32,35). The van der Waals surface area contributed by atoms with Crippen molar-refractivity contribution >= 4 is 17.5 Å². The molecular formula is C28H36N6O3. The van der Waals surface area contributed by atoms with Gasteiger partial charge in [-0.25, -0.2) is 4.79 Å². The zero-order valence-electron chi connectivity index (χ0n) is 21.6. The molecule has 1 amide bonds. The molecule has 7 N–H and O–H groups in total. The smallest absolute Gasteiger partial charge is 0.407 e. The Kier molecular flexibility index (Phi) is 7.73. The summed E-state index contributed by atoms with van der Waals surface area (Å²) in [5, 5.41) is 14.4. The lowest BCUT2D eigenvalue weighted by Crippen LogP contribution is -2.52. The number of nitrogens with two attached hydrogens (primary N) is 2. The predicted octanol–water partition coefficient (Wildman–Crippen LogP) is 3.89. The Morgan fingerprint density at radius 2 is 1.68 bits per heavy atom. The predicted molar refractivity (Wildman–Crippen MR) is 145 cm³/mol. The van der Waals surface area contributed by atoms with Gasteiger partial charge in [-0.15, -0.1) is 0 Å². The summed E-state index contributed by atoms with van der Waals surface area (Å²) in [5.74, 6) is 2.26. The van der Waals surface area contributed by atoms with Gasteiger partial charge in [-0.2, -0.15) is 0 Å². The van der Waals surface area contributed by atoms with Gasteiger partial charge >= 0.3 is 6.09 Å². The molecule has 1 fully saturated rings. The van der Waals surface area contributed by atoms with Gasteiger partial charge in [0, 0.05) is 24.7 Å². The van der Waals surface area contributed by atoms with E-state index in [4.69, 9.17) is 26.4 Å². The third-order valence-electron chi connectivity index (χ3n) is 6.18. The van der Waals surface area contributed by atoms with Gasteiger partial charge in [0.2, 0.25) is 0 Å². The average molecular weight is 505 g/mol. The topological polar surface area (TPSA) is 139 Å². The number of hydrogen-bond acceptors (Lipinski definition) is 7. The molecule has 2 aromatic carbocycles. The minimum Gasteiger partial charge on any atom is -0.457 e. The minimum atomic E-state index is -0.620. The summed E-state index contributed by atoms with van der Waals surface area (Å²) in [5.41, 5.74) is 14.1. The third kappa shape index (κ3) is 6.83. The van der Waals surface area contributed by atoms with Gasteiger partial charge in [-0.1, -0.05) is 30.3 Å². The van der Waals surface area contributed by atoms with Crippen LogP contribution < -0.4 is 26.8 Å². The maximum Gasteiger partial charge on any atom is 0.407 e. The van der Waals surface area contributed by atoms with Crippen LogP contribution in [0.15, 0.2) is 72.1 Å². The molecule has 1 saturated heterocycles. The van der Waals surface area contributed by atoms with E-state index in [1.807, 2.05) is 81.4 Å². The zero-order valence-corrected chi connectivity index (χ0v) is 21.6. The van der Waals surface area contributed by atoms with E-state index in [1.165, 1.54) is 0 Å². The monoisotopic (exact) mass is 504 g/mol. The number of alkyl carbamates (subject to hydrolysis) is 1. The number of benzene rings is 2. The highest BCUT2D eigenvalue weighted by atomic mass is 16.6. The normalized spacial score (nSPS) is 18.5. The molecule has 0 aliphatic carbocycles.